The van der Waals surface area contributed by atoms with Crippen LogP contribution in [0.2, 0.25) is 0 Å². The van der Waals surface area contributed by atoms with E-state index in [9.17, 15) is 14.0 Å². The lowest BCUT2D eigenvalue weighted by Gasteiger charge is -2.24. The summed E-state index contributed by atoms with van der Waals surface area (Å²) in [6, 6.07) is 4.07. The van der Waals surface area contributed by atoms with Crippen LogP contribution in [-0.4, -0.2) is 35.6 Å². The van der Waals surface area contributed by atoms with Crippen molar-refractivity contribution < 1.29 is 18.7 Å². The average molecular weight is 387 g/mol. The molecule has 0 spiro atoms. The lowest BCUT2D eigenvalue weighted by molar-refractivity contribution is -0.119. The van der Waals surface area contributed by atoms with E-state index in [0.29, 0.717) is 29.7 Å². The SMILES string of the molecule is CC(C)(C)OC(=O)N1CCC(C(=O)Nc2ccc(F)cc2Br)C1. The number of halogens is 2. The highest BCUT2D eigenvalue weighted by Gasteiger charge is 2.33. The molecule has 0 aromatic heterocycles. The highest BCUT2D eigenvalue weighted by Crippen LogP contribution is 2.25. The van der Waals surface area contributed by atoms with Crippen LogP contribution in [0.15, 0.2) is 22.7 Å². The first-order chi connectivity index (χ1) is 10.7. The van der Waals surface area contributed by atoms with Gasteiger partial charge in [-0.3, -0.25) is 4.79 Å². The zero-order chi connectivity index (χ0) is 17.2. The summed E-state index contributed by atoms with van der Waals surface area (Å²) in [5.41, 5.74) is -0.0525. The number of ether oxygens (including phenoxy) is 1. The predicted octanol–water partition coefficient (Wildman–Crippen LogP) is 3.78. The maximum Gasteiger partial charge on any atom is 0.410 e. The van der Waals surface area contributed by atoms with Crippen molar-refractivity contribution in [3.05, 3.63) is 28.5 Å². The van der Waals surface area contributed by atoms with Gasteiger partial charge >= 0.3 is 6.09 Å². The number of likely N-dealkylation sites (tertiary alicyclic amines) is 1. The number of benzene rings is 1. The summed E-state index contributed by atoms with van der Waals surface area (Å²) in [6.45, 7) is 6.21. The Kier molecular flexibility index (Phi) is 5.29. The Labute approximate surface area is 143 Å². The van der Waals surface area contributed by atoms with Crippen molar-refractivity contribution in [2.24, 2.45) is 5.92 Å². The number of rotatable bonds is 2. The second kappa shape index (κ2) is 6.86. The molecular formula is C16H20BrFN2O3. The van der Waals surface area contributed by atoms with Crippen LogP contribution in [0.3, 0.4) is 0 Å². The second-order valence-electron chi connectivity index (χ2n) is 6.53. The van der Waals surface area contributed by atoms with E-state index in [2.05, 4.69) is 21.2 Å². The van der Waals surface area contributed by atoms with Crippen molar-refractivity contribution in [2.75, 3.05) is 18.4 Å². The van der Waals surface area contributed by atoms with E-state index in [0.717, 1.165) is 0 Å². The van der Waals surface area contributed by atoms with Crippen LogP contribution in [0.4, 0.5) is 14.9 Å². The summed E-state index contributed by atoms with van der Waals surface area (Å²) in [7, 11) is 0. The Balaban J connectivity index is 1.93. The van der Waals surface area contributed by atoms with Gasteiger partial charge < -0.3 is 15.0 Å². The summed E-state index contributed by atoms with van der Waals surface area (Å²) < 4.78 is 18.8. The van der Waals surface area contributed by atoms with Gasteiger partial charge in [0.1, 0.15) is 11.4 Å². The fourth-order valence-electron chi connectivity index (χ4n) is 2.29. The van der Waals surface area contributed by atoms with Crippen LogP contribution in [-0.2, 0) is 9.53 Å². The Morgan fingerprint density at radius 1 is 1.39 bits per heavy atom. The van der Waals surface area contributed by atoms with Crippen LogP contribution in [0, 0.1) is 11.7 Å². The third-order valence-electron chi connectivity index (χ3n) is 3.40. The number of hydrogen-bond acceptors (Lipinski definition) is 3. The van der Waals surface area contributed by atoms with Gasteiger partial charge in [-0.25, -0.2) is 9.18 Å². The molecule has 7 heteroatoms. The highest BCUT2D eigenvalue weighted by molar-refractivity contribution is 9.10. The largest absolute Gasteiger partial charge is 0.444 e. The molecule has 1 aromatic carbocycles. The van der Waals surface area contributed by atoms with Crippen LogP contribution in [0.5, 0.6) is 0 Å². The van der Waals surface area contributed by atoms with Crippen molar-refractivity contribution in [3.63, 3.8) is 0 Å². The third-order valence-corrected chi connectivity index (χ3v) is 4.06. The number of nitrogens with one attached hydrogen (secondary N) is 1. The van der Waals surface area contributed by atoms with Gasteiger partial charge in [0.15, 0.2) is 0 Å². The maximum absolute atomic E-state index is 13.1. The molecule has 1 aliphatic rings. The van der Waals surface area contributed by atoms with Gasteiger partial charge in [0.25, 0.3) is 0 Å². The number of nitrogens with zero attached hydrogens (tertiary/aromatic N) is 1. The number of carbonyl (C=O) groups excluding carboxylic acids is 2. The van der Waals surface area contributed by atoms with Crippen LogP contribution in [0.25, 0.3) is 0 Å². The first-order valence-corrected chi connectivity index (χ1v) is 8.19. The Morgan fingerprint density at radius 2 is 2.09 bits per heavy atom. The van der Waals surface area contributed by atoms with Crippen molar-refractivity contribution in [1.29, 1.82) is 0 Å². The second-order valence-corrected chi connectivity index (χ2v) is 7.38. The molecule has 0 radical (unpaired) electrons. The Morgan fingerprint density at radius 3 is 2.70 bits per heavy atom. The molecule has 0 saturated carbocycles. The quantitative estimate of drug-likeness (QED) is 0.840. The van der Waals surface area contributed by atoms with Gasteiger partial charge in [0.2, 0.25) is 5.91 Å². The smallest absolute Gasteiger partial charge is 0.410 e. The third kappa shape index (κ3) is 4.92. The van der Waals surface area contributed by atoms with Gasteiger partial charge in [0.05, 0.1) is 11.6 Å². The molecule has 1 atom stereocenters. The van der Waals surface area contributed by atoms with E-state index >= 15 is 0 Å². The van der Waals surface area contributed by atoms with Gasteiger partial charge in [0, 0.05) is 17.6 Å². The predicted molar refractivity (Wildman–Crippen MR) is 88.6 cm³/mol. The van der Waals surface area contributed by atoms with E-state index in [1.54, 1.807) is 20.8 Å². The molecule has 2 rings (SSSR count). The molecule has 1 aliphatic heterocycles. The van der Waals surface area contributed by atoms with Gasteiger partial charge in [-0.2, -0.15) is 0 Å². The first-order valence-electron chi connectivity index (χ1n) is 7.39. The van der Waals surface area contributed by atoms with Crippen LogP contribution < -0.4 is 5.32 Å². The van der Waals surface area contributed by atoms with E-state index < -0.39 is 11.7 Å². The molecule has 5 nitrogen and oxygen atoms in total. The first kappa shape index (κ1) is 17.7. The fraction of sp³-hybridized carbons (Fsp3) is 0.500. The van der Waals surface area contributed by atoms with Crippen molar-refractivity contribution in [2.45, 2.75) is 32.8 Å². The normalized spacial score (nSPS) is 18.0. The van der Waals surface area contributed by atoms with Crippen LogP contribution in [0.1, 0.15) is 27.2 Å². The minimum atomic E-state index is -0.559. The van der Waals surface area contributed by atoms with E-state index in [1.807, 2.05) is 0 Å². The number of carbonyl (C=O) groups is 2. The fourth-order valence-corrected chi connectivity index (χ4v) is 2.74. The zero-order valence-corrected chi connectivity index (χ0v) is 14.9. The molecule has 2 amide bonds. The van der Waals surface area contributed by atoms with Gasteiger partial charge in [-0.1, -0.05) is 0 Å². The minimum Gasteiger partial charge on any atom is -0.444 e. The van der Waals surface area contributed by atoms with Gasteiger partial charge in [-0.05, 0) is 61.3 Å². The minimum absolute atomic E-state index is 0.191. The summed E-state index contributed by atoms with van der Waals surface area (Å²) in [5, 5.41) is 2.76. The Bertz CT molecular complexity index is 616. The van der Waals surface area contributed by atoms with E-state index in [1.165, 1.54) is 23.1 Å². The molecule has 1 saturated heterocycles. The molecule has 1 fully saturated rings. The summed E-state index contributed by atoms with van der Waals surface area (Å²) >= 11 is 3.21. The Hall–Kier alpha value is -1.63. The van der Waals surface area contributed by atoms with Crippen molar-refractivity contribution in [1.82, 2.24) is 4.90 Å². The lowest BCUT2D eigenvalue weighted by Crippen LogP contribution is -2.36. The molecule has 1 unspecified atom stereocenters. The summed E-state index contributed by atoms with van der Waals surface area (Å²) in [4.78, 5) is 25.8. The number of hydrogen-bond donors (Lipinski definition) is 1. The molecule has 23 heavy (non-hydrogen) atoms. The number of anilines is 1. The highest BCUT2D eigenvalue weighted by atomic mass is 79.9. The molecular weight excluding hydrogens is 367 g/mol. The van der Waals surface area contributed by atoms with Crippen molar-refractivity contribution in [3.8, 4) is 0 Å². The topological polar surface area (TPSA) is 58.6 Å². The summed E-state index contributed by atoms with van der Waals surface area (Å²) in [6.07, 6.45) is 0.167. The number of amides is 2. The van der Waals surface area contributed by atoms with Crippen LogP contribution >= 0.6 is 15.9 Å². The monoisotopic (exact) mass is 386 g/mol. The molecule has 1 heterocycles. The molecule has 1 N–H and O–H groups in total. The average Bonchev–Trinajstić information content (AvgIpc) is 2.90. The molecule has 0 bridgehead atoms. The van der Waals surface area contributed by atoms with Crippen molar-refractivity contribution >= 4 is 33.6 Å². The lowest BCUT2D eigenvalue weighted by atomic mass is 10.1. The molecule has 126 valence electrons. The van der Waals surface area contributed by atoms with Gasteiger partial charge in [-0.15, -0.1) is 0 Å². The molecule has 1 aromatic rings. The standard InChI is InChI=1S/C16H20BrFN2O3/c1-16(2,3)23-15(22)20-7-6-10(9-20)14(21)19-13-5-4-11(18)8-12(13)17/h4-5,8,10H,6-7,9H2,1-3H3,(H,19,21). The molecule has 0 aliphatic carbocycles. The van der Waals surface area contributed by atoms with E-state index in [-0.39, 0.29) is 17.6 Å². The maximum atomic E-state index is 13.1. The summed E-state index contributed by atoms with van der Waals surface area (Å²) in [5.74, 6) is -0.880. The van der Waals surface area contributed by atoms with E-state index in [4.69, 9.17) is 4.74 Å². The zero-order valence-electron chi connectivity index (χ0n) is 13.4.